The number of hydrogen-bond acceptors (Lipinski definition) is 5. The zero-order valence-electron chi connectivity index (χ0n) is 13.9. The molecule has 6 nitrogen and oxygen atoms in total. The number of aldehydes is 1. The molecule has 0 unspecified atom stereocenters. The van der Waals surface area contributed by atoms with Crippen molar-refractivity contribution < 1.29 is 23.9 Å². The standard InChI is InChI=1S/C17H23NO5/c1-12(20)22-15(11-19)14(10-13-8-6-5-7-9-13)18-16(21)23-17(2,3)4/h5-9,11,14-15H,10H2,1-4H3,(H,18,21)/t14-,15-/m0/s1. The van der Waals surface area contributed by atoms with Crippen molar-refractivity contribution in [2.24, 2.45) is 0 Å². The zero-order chi connectivity index (χ0) is 17.5. The fraction of sp³-hybridized carbons (Fsp3) is 0.471. The molecule has 0 spiro atoms. The number of carbonyl (C=O) groups excluding carboxylic acids is 3. The van der Waals surface area contributed by atoms with Crippen molar-refractivity contribution in [3.8, 4) is 0 Å². The third-order valence-electron chi connectivity index (χ3n) is 2.83. The Kier molecular flexibility index (Phi) is 6.75. The highest BCUT2D eigenvalue weighted by Gasteiger charge is 2.28. The molecular formula is C17H23NO5. The molecule has 0 aliphatic rings. The predicted molar refractivity (Wildman–Crippen MR) is 84.9 cm³/mol. The second-order valence-electron chi connectivity index (χ2n) is 6.15. The van der Waals surface area contributed by atoms with Gasteiger partial charge in [0, 0.05) is 6.92 Å². The maximum Gasteiger partial charge on any atom is 0.408 e. The van der Waals surface area contributed by atoms with Gasteiger partial charge in [-0.25, -0.2) is 4.79 Å². The maximum atomic E-state index is 12.0. The smallest absolute Gasteiger partial charge is 0.408 e. The Bertz CT molecular complexity index is 536. The van der Waals surface area contributed by atoms with Crippen LogP contribution in [0.1, 0.15) is 33.3 Å². The molecule has 0 aliphatic carbocycles. The second kappa shape index (κ2) is 8.31. The van der Waals surface area contributed by atoms with E-state index in [0.717, 1.165) is 5.56 Å². The van der Waals surface area contributed by atoms with Gasteiger partial charge in [0.2, 0.25) is 0 Å². The van der Waals surface area contributed by atoms with Gasteiger partial charge in [-0.1, -0.05) is 30.3 Å². The summed E-state index contributed by atoms with van der Waals surface area (Å²) in [6.45, 7) is 6.43. The lowest BCUT2D eigenvalue weighted by Gasteiger charge is -2.26. The van der Waals surface area contributed by atoms with Crippen molar-refractivity contribution in [3.63, 3.8) is 0 Å². The molecule has 1 N–H and O–H groups in total. The van der Waals surface area contributed by atoms with E-state index in [4.69, 9.17) is 9.47 Å². The van der Waals surface area contributed by atoms with E-state index in [1.165, 1.54) is 6.92 Å². The Morgan fingerprint density at radius 2 is 1.83 bits per heavy atom. The van der Waals surface area contributed by atoms with Gasteiger partial charge in [-0.3, -0.25) is 9.59 Å². The first kappa shape index (κ1) is 18.7. The SMILES string of the molecule is CC(=O)O[C@@H](C=O)[C@H](Cc1ccccc1)NC(=O)OC(C)(C)C. The van der Waals surface area contributed by atoms with Crippen LogP contribution < -0.4 is 5.32 Å². The Balaban J connectivity index is 2.88. The number of benzene rings is 1. The fourth-order valence-corrected chi connectivity index (χ4v) is 1.97. The first-order valence-electron chi connectivity index (χ1n) is 7.37. The lowest BCUT2D eigenvalue weighted by molar-refractivity contribution is -0.151. The van der Waals surface area contributed by atoms with Crippen LogP contribution in [-0.4, -0.2) is 36.1 Å². The van der Waals surface area contributed by atoms with Crippen LogP contribution in [0.5, 0.6) is 0 Å². The van der Waals surface area contributed by atoms with Crippen molar-refractivity contribution in [3.05, 3.63) is 35.9 Å². The van der Waals surface area contributed by atoms with Crippen molar-refractivity contribution in [2.45, 2.75) is 51.9 Å². The minimum Gasteiger partial charge on any atom is -0.453 e. The van der Waals surface area contributed by atoms with Gasteiger partial charge in [0.05, 0.1) is 6.04 Å². The topological polar surface area (TPSA) is 81.7 Å². The van der Waals surface area contributed by atoms with E-state index in [1.807, 2.05) is 30.3 Å². The average Bonchev–Trinajstić information content (AvgIpc) is 2.43. The summed E-state index contributed by atoms with van der Waals surface area (Å²) in [5, 5.41) is 2.61. The van der Waals surface area contributed by atoms with Crippen LogP contribution >= 0.6 is 0 Å². The first-order chi connectivity index (χ1) is 10.7. The van der Waals surface area contributed by atoms with E-state index in [2.05, 4.69) is 5.32 Å². The predicted octanol–water partition coefficient (Wildman–Crippen LogP) is 2.25. The molecule has 126 valence electrons. The minimum absolute atomic E-state index is 0.330. The van der Waals surface area contributed by atoms with E-state index < -0.39 is 29.8 Å². The molecular weight excluding hydrogens is 298 g/mol. The highest BCUT2D eigenvalue weighted by atomic mass is 16.6. The number of nitrogens with one attached hydrogen (secondary N) is 1. The monoisotopic (exact) mass is 321 g/mol. The third kappa shape index (κ3) is 7.44. The van der Waals surface area contributed by atoms with Gasteiger partial charge in [-0.2, -0.15) is 0 Å². The van der Waals surface area contributed by atoms with Gasteiger partial charge in [0.15, 0.2) is 12.4 Å². The van der Waals surface area contributed by atoms with Crippen molar-refractivity contribution in [2.75, 3.05) is 0 Å². The van der Waals surface area contributed by atoms with Gasteiger partial charge in [-0.15, -0.1) is 0 Å². The molecule has 1 amide bonds. The van der Waals surface area contributed by atoms with Crippen LogP contribution in [0, 0.1) is 0 Å². The van der Waals surface area contributed by atoms with Crippen LogP contribution in [0.2, 0.25) is 0 Å². The number of esters is 1. The summed E-state index contributed by atoms with van der Waals surface area (Å²) in [6, 6.07) is 8.57. The molecule has 0 aromatic heterocycles. The maximum absolute atomic E-state index is 12.0. The lowest BCUT2D eigenvalue weighted by atomic mass is 10.0. The highest BCUT2D eigenvalue weighted by molar-refractivity contribution is 5.72. The average molecular weight is 321 g/mol. The first-order valence-corrected chi connectivity index (χ1v) is 7.37. The Labute approximate surface area is 136 Å². The minimum atomic E-state index is -1.08. The molecule has 0 saturated heterocycles. The van der Waals surface area contributed by atoms with Gasteiger partial charge in [-0.05, 0) is 32.8 Å². The van der Waals surface area contributed by atoms with Gasteiger partial charge in [0.1, 0.15) is 5.60 Å². The third-order valence-corrected chi connectivity index (χ3v) is 2.83. The fourth-order valence-electron chi connectivity index (χ4n) is 1.97. The molecule has 6 heteroatoms. The number of carbonyl (C=O) groups is 3. The number of ether oxygens (including phenoxy) is 2. The summed E-state index contributed by atoms with van der Waals surface area (Å²) in [5.74, 6) is -0.592. The van der Waals surface area contributed by atoms with Crippen LogP contribution in [0.4, 0.5) is 4.79 Å². The van der Waals surface area contributed by atoms with Crippen molar-refractivity contribution >= 4 is 18.3 Å². The summed E-state index contributed by atoms with van der Waals surface area (Å²) in [5.41, 5.74) is 0.229. The van der Waals surface area contributed by atoms with Crippen molar-refractivity contribution in [1.29, 1.82) is 0 Å². The normalized spacial score (nSPS) is 13.6. The largest absolute Gasteiger partial charge is 0.453 e. The summed E-state index contributed by atoms with van der Waals surface area (Å²) in [6.07, 6.45) is -0.916. The van der Waals surface area contributed by atoms with Crippen LogP contribution in [0.15, 0.2) is 30.3 Å². The molecule has 0 heterocycles. The second-order valence-corrected chi connectivity index (χ2v) is 6.15. The van der Waals surface area contributed by atoms with E-state index in [9.17, 15) is 14.4 Å². The quantitative estimate of drug-likeness (QED) is 0.642. The molecule has 23 heavy (non-hydrogen) atoms. The number of hydrogen-bond donors (Lipinski definition) is 1. The Morgan fingerprint density at radius 3 is 2.30 bits per heavy atom. The lowest BCUT2D eigenvalue weighted by Crippen LogP contribution is -2.48. The molecule has 1 aromatic carbocycles. The van der Waals surface area contributed by atoms with Gasteiger partial charge < -0.3 is 14.8 Å². The molecule has 2 atom stereocenters. The van der Waals surface area contributed by atoms with E-state index >= 15 is 0 Å². The van der Waals surface area contributed by atoms with Gasteiger partial charge in [0.25, 0.3) is 0 Å². The summed E-state index contributed by atoms with van der Waals surface area (Å²) >= 11 is 0. The number of rotatable bonds is 6. The molecule has 0 bridgehead atoms. The summed E-state index contributed by atoms with van der Waals surface area (Å²) in [7, 11) is 0. The zero-order valence-corrected chi connectivity index (χ0v) is 13.9. The van der Waals surface area contributed by atoms with E-state index in [1.54, 1.807) is 20.8 Å². The molecule has 0 fully saturated rings. The number of alkyl carbamates (subject to hydrolysis) is 1. The highest BCUT2D eigenvalue weighted by Crippen LogP contribution is 2.11. The number of amides is 1. The Morgan fingerprint density at radius 1 is 1.22 bits per heavy atom. The van der Waals surface area contributed by atoms with Gasteiger partial charge >= 0.3 is 12.1 Å². The molecule has 1 aromatic rings. The van der Waals surface area contributed by atoms with Crippen LogP contribution in [0.25, 0.3) is 0 Å². The summed E-state index contributed by atoms with van der Waals surface area (Å²) in [4.78, 5) is 34.4. The van der Waals surface area contributed by atoms with Crippen molar-refractivity contribution in [1.82, 2.24) is 5.32 Å². The molecule has 0 aliphatic heterocycles. The molecule has 1 rings (SSSR count). The molecule has 0 radical (unpaired) electrons. The van der Waals surface area contributed by atoms with Crippen LogP contribution in [-0.2, 0) is 25.5 Å². The summed E-state index contributed by atoms with van der Waals surface area (Å²) < 4.78 is 10.2. The van der Waals surface area contributed by atoms with E-state index in [0.29, 0.717) is 12.7 Å². The van der Waals surface area contributed by atoms with E-state index in [-0.39, 0.29) is 0 Å². The Hall–Kier alpha value is -2.37. The van der Waals surface area contributed by atoms with Crippen LogP contribution in [0.3, 0.4) is 0 Å². The molecule has 0 saturated carbocycles.